The fourth-order valence-corrected chi connectivity index (χ4v) is 4.22. The summed E-state index contributed by atoms with van der Waals surface area (Å²) in [5, 5.41) is 18.8. The summed E-state index contributed by atoms with van der Waals surface area (Å²) in [6.45, 7) is 7.41. The number of carbonyl (C=O) groups excluding carboxylic acids is 2. The molecule has 0 saturated carbocycles. The molecule has 0 aromatic heterocycles. The van der Waals surface area contributed by atoms with E-state index in [9.17, 15) is 14.7 Å². The van der Waals surface area contributed by atoms with Gasteiger partial charge in [-0.25, -0.2) is 4.79 Å². The number of rotatable bonds is 8. The Morgan fingerprint density at radius 2 is 1.51 bits per heavy atom. The number of hydrogen-bond donors (Lipinski definition) is 4. The molecule has 0 fully saturated rings. The molecule has 2 aromatic rings. The van der Waals surface area contributed by atoms with E-state index in [2.05, 4.69) is 54.1 Å². The van der Waals surface area contributed by atoms with Gasteiger partial charge in [0, 0.05) is 18.3 Å². The molecule has 1 unspecified atom stereocenters. The van der Waals surface area contributed by atoms with E-state index < -0.39 is 5.60 Å². The Bertz CT molecular complexity index is 1120. The minimum absolute atomic E-state index is 0.0208. The van der Waals surface area contributed by atoms with E-state index in [1.54, 1.807) is 44.2 Å². The molecule has 2 aromatic carbocycles. The SMILES string of the molecule is CCC(CC)(NC(C)=O)c1ccc(Cc2ccc(NC(=O)NC3=CC=CC(C)(O)C=C3)cc2)cc1. The van der Waals surface area contributed by atoms with Crippen LogP contribution in [0.1, 0.15) is 57.2 Å². The maximum atomic E-state index is 12.3. The van der Waals surface area contributed by atoms with Crippen molar-refractivity contribution in [3.63, 3.8) is 0 Å². The average molecular weight is 474 g/mol. The van der Waals surface area contributed by atoms with Crippen LogP contribution in [0.4, 0.5) is 10.5 Å². The quantitative estimate of drug-likeness (QED) is 0.419. The van der Waals surface area contributed by atoms with Gasteiger partial charge >= 0.3 is 6.03 Å². The molecule has 6 heteroatoms. The molecule has 6 nitrogen and oxygen atoms in total. The molecule has 35 heavy (non-hydrogen) atoms. The molecule has 1 atom stereocenters. The molecule has 0 aliphatic heterocycles. The van der Waals surface area contributed by atoms with Gasteiger partial charge in [0.15, 0.2) is 0 Å². The minimum Gasteiger partial charge on any atom is -0.382 e. The molecule has 4 N–H and O–H groups in total. The highest BCUT2D eigenvalue weighted by Crippen LogP contribution is 2.29. The molecular formula is C29H35N3O3. The van der Waals surface area contributed by atoms with E-state index in [0.29, 0.717) is 11.4 Å². The Morgan fingerprint density at radius 3 is 2.09 bits per heavy atom. The van der Waals surface area contributed by atoms with Crippen molar-refractivity contribution < 1.29 is 14.7 Å². The number of amides is 3. The van der Waals surface area contributed by atoms with Gasteiger partial charge in [-0.05, 0) is 79.3 Å². The van der Waals surface area contributed by atoms with Crippen LogP contribution < -0.4 is 16.0 Å². The standard InChI is InChI=1S/C29H35N3O3/c1-5-29(6-2,32-21(3)33)24-13-9-22(10-14-24)20-23-11-15-26(16-12-23)31-27(34)30-25-8-7-18-28(4,35)19-17-25/h7-19,35H,5-6,20H2,1-4H3,(H,32,33)(H2,30,31,34). The maximum absolute atomic E-state index is 12.3. The lowest BCUT2D eigenvalue weighted by atomic mass is 9.84. The van der Waals surface area contributed by atoms with Crippen LogP contribution in [-0.2, 0) is 16.8 Å². The summed E-state index contributed by atoms with van der Waals surface area (Å²) in [4.78, 5) is 24.1. The van der Waals surface area contributed by atoms with Crippen molar-refractivity contribution in [3.05, 3.63) is 101 Å². The van der Waals surface area contributed by atoms with Crippen LogP contribution in [0.25, 0.3) is 0 Å². The predicted molar refractivity (Wildman–Crippen MR) is 141 cm³/mol. The Balaban J connectivity index is 1.59. The summed E-state index contributed by atoms with van der Waals surface area (Å²) in [5.74, 6) is -0.0208. The molecule has 0 radical (unpaired) electrons. The fraction of sp³-hybridized carbons (Fsp3) is 0.310. The van der Waals surface area contributed by atoms with Gasteiger partial charge in [0.1, 0.15) is 0 Å². The molecular weight excluding hydrogens is 438 g/mol. The first-order valence-corrected chi connectivity index (χ1v) is 12.0. The van der Waals surface area contributed by atoms with Gasteiger partial charge in [-0.3, -0.25) is 4.79 Å². The van der Waals surface area contributed by atoms with E-state index in [0.717, 1.165) is 30.4 Å². The molecule has 0 bridgehead atoms. The summed E-state index contributed by atoms with van der Waals surface area (Å²) in [7, 11) is 0. The number of allylic oxidation sites excluding steroid dienone is 3. The Hall–Kier alpha value is -3.64. The first kappa shape index (κ1) is 26.0. The number of nitrogens with one attached hydrogen (secondary N) is 3. The molecule has 184 valence electrons. The average Bonchev–Trinajstić information content (AvgIpc) is 2.99. The largest absolute Gasteiger partial charge is 0.382 e. The number of anilines is 1. The maximum Gasteiger partial charge on any atom is 0.323 e. The van der Waals surface area contributed by atoms with Crippen LogP contribution in [0.5, 0.6) is 0 Å². The smallest absolute Gasteiger partial charge is 0.323 e. The Morgan fingerprint density at radius 1 is 0.914 bits per heavy atom. The second-order valence-electron chi connectivity index (χ2n) is 9.16. The van der Waals surface area contributed by atoms with Crippen LogP contribution in [0.2, 0.25) is 0 Å². The van der Waals surface area contributed by atoms with Gasteiger partial charge in [-0.15, -0.1) is 0 Å². The monoisotopic (exact) mass is 473 g/mol. The van der Waals surface area contributed by atoms with Gasteiger partial charge in [0.25, 0.3) is 0 Å². The number of aliphatic hydroxyl groups is 1. The fourth-order valence-electron chi connectivity index (χ4n) is 4.22. The van der Waals surface area contributed by atoms with Gasteiger partial charge in [0.05, 0.1) is 11.1 Å². The van der Waals surface area contributed by atoms with Crippen LogP contribution in [0.15, 0.2) is 84.6 Å². The van der Waals surface area contributed by atoms with Gasteiger partial charge < -0.3 is 21.1 Å². The topological polar surface area (TPSA) is 90.5 Å². The van der Waals surface area contributed by atoms with Crippen LogP contribution in [0.3, 0.4) is 0 Å². The molecule has 3 rings (SSSR count). The van der Waals surface area contributed by atoms with Gasteiger partial charge in [0.2, 0.25) is 5.91 Å². The summed E-state index contributed by atoms with van der Waals surface area (Å²) in [6.07, 6.45) is 10.8. The van der Waals surface area contributed by atoms with Crippen molar-refractivity contribution in [2.75, 3.05) is 5.32 Å². The van der Waals surface area contributed by atoms with Crippen molar-refractivity contribution in [2.45, 2.75) is 58.1 Å². The number of urea groups is 1. The summed E-state index contributed by atoms with van der Waals surface area (Å²) in [6, 6.07) is 15.8. The third-order valence-corrected chi connectivity index (χ3v) is 6.32. The lowest BCUT2D eigenvalue weighted by Crippen LogP contribution is -2.44. The van der Waals surface area contributed by atoms with E-state index in [4.69, 9.17) is 0 Å². The highest BCUT2D eigenvalue weighted by Gasteiger charge is 2.29. The first-order valence-electron chi connectivity index (χ1n) is 12.0. The zero-order chi connectivity index (χ0) is 25.5. The third kappa shape index (κ3) is 7.17. The van der Waals surface area contributed by atoms with Crippen LogP contribution in [-0.4, -0.2) is 22.6 Å². The summed E-state index contributed by atoms with van der Waals surface area (Å²) < 4.78 is 0. The minimum atomic E-state index is -1.03. The van der Waals surface area contributed by atoms with Crippen LogP contribution in [0, 0.1) is 0 Å². The Kier molecular flexibility index (Phi) is 8.30. The third-order valence-electron chi connectivity index (χ3n) is 6.32. The highest BCUT2D eigenvalue weighted by molar-refractivity contribution is 5.90. The van der Waals surface area contributed by atoms with Gasteiger partial charge in [-0.1, -0.05) is 56.3 Å². The van der Waals surface area contributed by atoms with Crippen molar-refractivity contribution in [2.24, 2.45) is 0 Å². The molecule has 1 aliphatic rings. The van der Waals surface area contributed by atoms with Crippen molar-refractivity contribution in [1.82, 2.24) is 10.6 Å². The number of hydrogen-bond acceptors (Lipinski definition) is 3. The summed E-state index contributed by atoms with van der Waals surface area (Å²) >= 11 is 0. The molecule has 0 saturated heterocycles. The van der Waals surface area contributed by atoms with Crippen molar-refractivity contribution >= 4 is 17.6 Å². The van der Waals surface area contributed by atoms with Crippen LogP contribution >= 0.6 is 0 Å². The van der Waals surface area contributed by atoms with Gasteiger partial charge in [-0.2, -0.15) is 0 Å². The van der Waals surface area contributed by atoms with E-state index in [-0.39, 0.29) is 17.5 Å². The highest BCUT2D eigenvalue weighted by atomic mass is 16.3. The zero-order valence-corrected chi connectivity index (χ0v) is 20.9. The lowest BCUT2D eigenvalue weighted by molar-refractivity contribution is -0.121. The first-order chi connectivity index (χ1) is 16.6. The second kappa shape index (κ2) is 11.2. The number of benzene rings is 2. The molecule has 1 aliphatic carbocycles. The second-order valence-corrected chi connectivity index (χ2v) is 9.16. The van der Waals surface area contributed by atoms with Crippen molar-refractivity contribution in [3.8, 4) is 0 Å². The lowest BCUT2D eigenvalue weighted by Gasteiger charge is -2.33. The van der Waals surface area contributed by atoms with E-state index in [1.807, 2.05) is 24.3 Å². The van der Waals surface area contributed by atoms with Crippen molar-refractivity contribution in [1.29, 1.82) is 0 Å². The Labute approximate surface area is 207 Å². The molecule has 0 heterocycles. The van der Waals surface area contributed by atoms with E-state index in [1.165, 1.54) is 5.56 Å². The summed E-state index contributed by atoms with van der Waals surface area (Å²) in [5.41, 5.74) is 3.32. The zero-order valence-electron chi connectivity index (χ0n) is 20.9. The molecule has 3 amide bonds. The predicted octanol–water partition coefficient (Wildman–Crippen LogP) is 5.31. The van der Waals surface area contributed by atoms with E-state index >= 15 is 0 Å². The number of carbonyl (C=O) groups is 2. The normalized spacial score (nSPS) is 17.3. The molecule has 0 spiro atoms.